The summed E-state index contributed by atoms with van der Waals surface area (Å²) < 4.78 is 2.23. The molecule has 3 heteroatoms. The van der Waals surface area contributed by atoms with Crippen molar-refractivity contribution in [3.05, 3.63) is 51.8 Å². The zero-order valence-electron chi connectivity index (χ0n) is 13.1. The highest BCUT2D eigenvalue weighted by molar-refractivity contribution is 6.32. The molecule has 1 aromatic carbocycles. The Morgan fingerprint density at radius 3 is 2.67 bits per heavy atom. The first-order valence-corrected chi connectivity index (χ1v) is 7.82. The third kappa shape index (κ3) is 2.41. The second kappa shape index (κ2) is 4.89. The summed E-state index contributed by atoms with van der Waals surface area (Å²) in [5, 5.41) is 11.2. The molecular weight excluding hydrogens is 282 g/mol. The predicted molar refractivity (Wildman–Crippen MR) is 87.3 cm³/mol. The average Bonchev–Trinajstić information content (AvgIpc) is 2.66. The van der Waals surface area contributed by atoms with E-state index in [2.05, 4.69) is 44.4 Å². The summed E-state index contributed by atoms with van der Waals surface area (Å²) in [7, 11) is 0. The smallest absolute Gasteiger partial charge is 0.0812 e. The Hall–Kier alpha value is -1.25. The Labute approximate surface area is 131 Å². The Balaban J connectivity index is 2.26. The Morgan fingerprint density at radius 2 is 2.00 bits per heavy atom. The summed E-state index contributed by atoms with van der Waals surface area (Å²) in [6, 6.07) is 8.10. The fraction of sp³-hybridized carbons (Fsp3) is 0.444. The first kappa shape index (κ1) is 14.7. The molecule has 0 aliphatic heterocycles. The van der Waals surface area contributed by atoms with Gasteiger partial charge < -0.3 is 9.67 Å². The minimum Gasteiger partial charge on any atom is -0.388 e. The van der Waals surface area contributed by atoms with Crippen molar-refractivity contribution in [3.8, 4) is 5.69 Å². The maximum Gasteiger partial charge on any atom is 0.0812 e. The van der Waals surface area contributed by atoms with Crippen LogP contribution < -0.4 is 0 Å². The van der Waals surface area contributed by atoms with Gasteiger partial charge in [0.05, 0.1) is 16.8 Å². The summed E-state index contributed by atoms with van der Waals surface area (Å²) in [6.45, 7) is 8.59. The molecule has 2 aromatic rings. The van der Waals surface area contributed by atoms with E-state index in [1.54, 1.807) is 0 Å². The minimum atomic E-state index is -0.383. The predicted octanol–water partition coefficient (Wildman–Crippen LogP) is 4.75. The van der Waals surface area contributed by atoms with E-state index in [9.17, 15) is 5.11 Å². The van der Waals surface area contributed by atoms with Gasteiger partial charge in [0.25, 0.3) is 0 Å². The highest BCUT2D eigenvalue weighted by Crippen LogP contribution is 2.43. The van der Waals surface area contributed by atoms with Gasteiger partial charge in [0, 0.05) is 17.0 Å². The standard InChI is InChI=1S/C18H22ClNO/c1-11-6-5-7-14(19)17(11)20-12(2)8-13-15(20)9-18(3,4)10-16(13)21/h5-8,16,21H,9-10H2,1-4H3. The molecule has 0 radical (unpaired) electrons. The Kier molecular flexibility index (Phi) is 3.42. The number of nitrogens with zero attached hydrogens (tertiary/aromatic N) is 1. The summed E-state index contributed by atoms with van der Waals surface area (Å²) in [4.78, 5) is 0. The molecule has 21 heavy (non-hydrogen) atoms. The van der Waals surface area contributed by atoms with E-state index in [0.717, 1.165) is 40.4 Å². The van der Waals surface area contributed by atoms with Crippen molar-refractivity contribution in [1.29, 1.82) is 0 Å². The second-order valence-corrected chi connectivity index (χ2v) is 7.40. The number of para-hydroxylation sites is 1. The summed E-state index contributed by atoms with van der Waals surface area (Å²) in [5.41, 5.74) is 5.70. The van der Waals surface area contributed by atoms with Gasteiger partial charge in [0.1, 0.15) is 0 Å². The second-order valence-electron chi connectivity index (χ2n) is 6.99. The van der Waals surface area contributed by atoms with Gasteiger partial charge in [0.2, 0.25) is 0 Å². The van der Waals surface area contributed by atoms with Crippen LogP contribution in [0.15, 0.2) is 24.3 Å². The number of benzene rings is 1. The molecule has 112 valence electrons. The van der Waals surface area contributed by atoms with Crippen molar-refractivity contribution in [2.45, 2.75) is 46.6 Å². The number of aliphatic hydroxyl groups excluding tert-OH is 1. The normalized spacial score (nSPS) is 20.4. The lowest BCUT2D eigenvalue weighted by Gasteiger charge is -2.34. The van der Waals surface area contributed by atoms with Crippen LogP contribution in [0.2, 0.25) is 5.02 Å². The maximum atomic E-state index is 10.5. The van der Waals surface area contributed by atoms with Crippen molar-refractivity contribution < 1.29 is 5.11 Å². The SMILES string of the molecule is Cc1cccc(Cl)c1-n1c(C)cc2c1CC(C)(C)CC2O. The van der Waals surface area contributed by atoms with Gasteiger partial charge >= 0.3 is 0 Å². The van der Waals surface area contributed by atoms with Crippen LogP contribution >= 0.6 is 11.6 Å². The highest BCUT2D eigenvalue weighted by Gasteiger charge is 2.34. The van der Waals surface area contributed by atoms with Gasteiger partial charge in [-0.3, -0.25) is 0 Å². The summed E-state index contributed by atoms with van der Waals surface area (Å²) >= 11 is 6.46. The zero-order valence-corrected chi connectivity index (χ0v) is 13.8. The van der Waals surface area contributed by atoms with E-state index in [1.165, 1.54) is 5.69 Å². The molecule has 0 saturated carbocycles. The van der Waals surface area contributed by atoms with Crippen LogP contribution in [0.4, 0.5) is 0 Å². The van der Waals surface area contributed by atoms with E-state index < -0.39 is 0 Å². The van der Waals surface area contributed by atoms with E-state index in [0.29, 0.717) is 0 Å². The van der Waals surface area contributed by atoms with Crippen molar-refractivity contribution >= 4 is 11.6 Å². The van der Waals surface area contributed by atoms with Gasteiger partial charge in [-0.2, -0.15) is 0 Å². The third-order valence-electron chi connectivity index (χ3n) is 4.48. The van der Waals surface area contributed by atoms with Gasteiger partial charge in [-0.05, 0) is 49.8 Å². The molecule has 1 aliphatic carbocycles. The molecule has 0 spiro atoms. The summed E-state index contributed by atoms with van der Waals surface area (Å²) in [6.07, 6.45) is 1.38. The Bertz CT molecular complexity index is 679. The lowest BCUT2D eigenvalue weighted by atomic mass is 9.75. The van der Waals surface area contributed by atoms with Crippen LogP contribution in [0.5, 0.6) is 0 Å². The van der Waals surface area contributed by atoms with E-state index in [1.807, 2.05) is 12.1 Å². The molecule has 0 saturated heterocycles. The van der Waals surface area contributed by atoms with E-state index in [4.69, 9.17) is 11.6 Å². The van der Waals surface area contributed by atoms with Crippen LogP contribution in [0, 0.1) is 19.3 Å². The highest BCUT2D eigenvalue weighted by atomic mass is 35.5. The molecule has 1 N–H and O–H groups in total. The van der Waals surface area contributed by atoms with Crippen LogP contribution in [-0.4, -0.2) is 9.67 Å². The molecule has 1 atom stereocenters. The number of halogens is 1. The Morgan fingerprint density at radius 1 is 1.29 bits per heavy atom. The largest absolute Gasteiger partial charge is 0.388 e. The topological polar surface area (TPSA) is 25.2 Å². The molecule has 1 aromatic heterocycles. The molecule has 1 aliphatic rings. The number of aliphatic hydroxyl groups is 1. The molecule has 0 amide bonds. The lowest BCUT2D eigenvalue weighted by Crippen LogP contribution is -2.26. The zero-order chi connectivity index (χ0) is 15.4. The van der Waals surface area contributed by atoms with Crippen LogP contribution in [-0.2, 0) is 6.42 Å². The van der Waals surface area contributed by atoms with Crippen molar-refractivity contribution in [2.75, 3.05) is 0 Å². The summed E-state index contributed by atoms with van der Waals surface area (Å²) in [5.74, 6) is 0. The molecule has 1 unspecified atom stereocenters. The van der Waals surface area contributed by atoms with Gasteiger partial charge in [0.15, 0.2) is 0 Å². The monoisotopic (exact) mass is 303 g/mol. The van der Waals surface area contributed by atoms with Gasteiger partial charge in [-0.15, -0.1) is 0 Å². The first-order chi connectivity index (χ1) is 9.80. The van der Waals surface area contributed by atoms with Crippen LogP contribution in [0.1, 0.15) is 48.9 Å². The maximum absolute atomic E-state index is 10.5. The average molecular weight is 304 g/mol. The molecule has 1 heterocycles. The molecule has 0 bridgehead atoms. The van der Waals surface area contributed by atoms with Crippen LogP contribution in [0.3, 0.4) is 0 Å². The van der Waals surface area contributed by atoms with Gasteiger partial charge in [-0.25, -0.2) is 0 Å². The fourth-order valence-electron chi connectivity index (χ4n) is 3.56. The number of hydrogen-bond acceptors (Lipinski definition) is 1. The van der Waals surface area contributed by atoms with Gasteiger partial charge in [-0.1, -0.05) is 37.6 Å². The van der Waals surface area contributed by atoms with Crippen molar-refractivity contribution in [3.63, 3.8) is 0 Å². The number of fused-ring (bicyclic) bond motifs is 1. The molecule has 2 nitrogen and oxygen atoms in total. The number of aryl methyl sites for hydroxylation is 2. The van der Waals surface area contributed by atoms with E-state index >= 15 is 0 Å². The fourth-order valence-corrected chi connectivity index (χ4v) is 3.87. The minimum absolute atomic E-state index is 0.101. The first-order valence-electron chi connectivity index (χ1n) is 7.45. The quantitative estimate of drug-likeness (QED) is 0.808. The number of rotatable bonds is 1. The third-order valence-corrected chi connectivity index (χ3v) is 4.79. The number of hydrogen-bond donors (Lipinski definition) is 1. The van der Waals surface area contributed by atoms with Crippen LogP contribution in [0.25, 0.3) is 5.69 Å². The van der Waals surface area contributed by atoms with Crippen molar-refractivity contribution in [2.24, 2.45) is 5.41 Å². The molecule has 0 fully saturated rings. The molecular formula is C18H22ClNO. The lowest BCUT2D eigenvalue weighted by molar-refractivity contribution is 0.0987. The van der Waals surface area contributed by atoms with Crippen molar-refractivity contribution in [1.82, 2.24) is 4.57 Å². The number of aromatic nitrogens is 1. The molecule has 3 rings (SSSR count). The van der Waals surface area contributed by atoms with E-state index in [-0.39, 0.29) is 11.5 Å².